The monoisotopic (exact) mass is 1220 g/mol. The average molecular weight is 1220 g/mol. The van der Waals surface area contributed by atoms with Gasteiger partial charge in [-0.15, -0.1) is 15.9 Å². The highest BCUT2D eigenvalue weighted by Crippen LogP contribution is 2.45. The van der Waals surface area contributed by atoms with Crippen LogP contribution >= 0.6 is 11.8 Å². The predicted molar refractivity (Wildman–Crippen MR) is 313 cm³/mol. The van der Waals surface area contributed by atoms with E-state index in [2.05, 4.69) is 72.6 Å². The lowest BCUT2D eigenvalue weighted by atomic mass is 9.92. The summed E-state index contributed by atoms with van der Waals surface area (Å²) in [7, 11) is -11.5. The first-order chi connectivity index (χ1) is 39.7. The molecule has 0 bridgehead atoms. The highest BCUT2D eigenvalue weighted by atomic mass is 32.3. The molecule has 0 aromatic heterocycles. The Morgan fingerprint density at radius 1 is 0.714 bits per heavy atom. The van der Waals surface area contributed by atoms with Crippen molar-refractivity contribution in [1.82, 2.24) is 9.44 Å². The van der Waals surface area contributed by atoms with Crippen LogP contribution in [-0.4, -0.2) is 78.2 Å². The number of halogens is 4. The average Bonchev–Trinajstić information content (AvgIpc) is 2.39. The molecule has 1 heterocycles. The molecule has 1 unspecified atom stereocenters. The van der Waals surface area contributed by atoms with E-state index in [4.69, 9.17) is 28.7 Å². The molecule has 1 aliphatic carbocycles. The molecule has 7 rings (SSSR count). The minimum atomic E-state index is -6.06. The summed E-state index contributed by atoms with van der Waals surface area (Å²) >= 11 is 0.0548. The number of carbonyl (C=O) groups is 3. The van der Waals surface area contributed by atoms with Gasteiger partial charge in [0.1, 0.15) is 30.7 Å². The Labute approximate surface area is 489 Å². The van der Waals surface area contributed by atoms with Gasteiger partial charge in [-0.1, -0.05) is 117 Å². The summed E-state index contributed by atoms with van der Waals surface area (Å²) in [6.07, 6.45) is -2.15. The molecule has 2 aliphatic rings. The molecule has 5 aromatic rings. The van der Waals surface area contributed by atoms with Crippen molar-refractivity contribution in [2.24, 2.45) is 4.99 Å². The van der Waals surface area contributed by atoms with Crippen molar-refractivity contribution in [1.29, 1.82) is 0 Å². The minimum absolute atomic E-state index is 0.0548. The first kappa shape index (κ1) is 64.0. The molecule has 0 spiro atoms. The van der Waals surface area contributed by atoms with Gasteiger partial charge in [0.25, 0.3) is 20.0 Å². The van der Waals surface area contributed by atoms with Gasteiger partial charge in [0.15, 0.2) is 28.2 Å². The van der Waals surface area contributed by atoms with E-state index in [1.165, 1.54) is 22.3 Å². The Morgan fingerprint density at radius 2 is 1.32 bits per heavy atom. The first-order valence-corrected chi connectivity index (χ1v) is 30.7. The lowest BCUT2D eigenvalue weighted by Gasteiger charge is -2.22. The van der Waals surface area contributed by atoms with Gasteiger partial charge in [-0.3, -0.25) is 4.79 Å². The lowest BCUT2D eigenvalue weighted by molar-refractivity contribution is -0.139. The van der Waals surface area contributed by atoms with Gasteiger partial charge < -0.3 is 34.4 Å². The van der Waals surface area contributed by atoms with Crippen LogP contribution in [0.5, 0.6) is 0 Å². The van der Waals surface area contributed by atoms with Crippen LogP contribution in [0, 0.1) is 23.3 Å². The number of para-hydroxylation sites is 2. The first-order valence-electron chi connectivity index (χ1n) is 26.7. The molecule has 84 heavy (non-hydrogen) atoms. The van der Waals surface area contributed by atoms with E-state index in [0.29, 0.717) is 22.0 Å². The van der Waals surface area contributed by atoms with E-state index in [1.807, 2.05) is 36.4 Å². The molecule has 23 heteroatoms. The number of fused-ring (bicyclic) bond motifs is 2. The maximum atomic E-state index is 16.1. The van der Waals surface area contributed by atoms with E-state index in [9.17, 15) is 31.2 Å². The molecule has 16 nitrogen and oxygen atoms in total. The Balaban J connectivity index is 1.29. The normalized spacial score (nSPS) is 12.6. The van der Waals surface area contributed by atoms with Crippen LogP contribution in [0.4, 0.5) is 39.4 Å². The number of nitrogens with one attached hydrogen (secondary N) is 3. The summed E-state index contributed by atoms with van der Waals surface area (Å²) in [6.45, 7) is 18.1. The number of anilines is 2. The zero-order chi connectivity index (χ0) is 61.4. The molecule has 1 amide bonds. The Kier molecular flexibility index (Phi) is 20.9. The van der Waals surface area contributed by atoms with Crippen LogP contribution in [0.15, 0.2) is 134 Å². The molecule has 4 N–H and O–H groups in total. The summed E-state index contributed by atoms with van der Waals surface area (Å²) in [5.74, 6) is -11.4. The summed E-state index contributed by atoms with van der Waals surface area (Å²) in [6, 6.07) is 27.7. The topological polar surface area (TPSA) is 229 Å². The van der Waals surface area contributed by atoms with Crippen LogP contribution < -0.4 is 20.1 Å². The van der Waals surface area contributed by atoms with Gasteiger partial charge >= 0.3 is 18.0 Å². The molecule has 0 radical (unpaired) electrons. The number of hydrogen-bond donors (Lipinski definition) is 4. The second-order valence-corrected chi connectivity index (χ2v) is 25.2. The number of carboxylic acid groups (broad SMARTS) is 1. The number of hydrogen-bond acceptors (Lipinski definition) is 14. The fraction of sp³-hybridized carbons (Fsp3) is 0.311. The van der Waals surface area contributed by atoms with Crippen molar-refractivity contribution >= 4 is 77.9 Å². The van der Waals surface area contributed by atoms with Crippen LogP contribution in [-0.2, 0) is 43.8 Å². The number of rotatable bonds is 25. The van der Waals surface area contributed by atoms with Gasteiger partial charge in [0.05, 0.1) is 40.4 Å². The molecular weight excluding hydrogens is 1150 g/mol. The fourth-order valence-corrected chi connectivity index (χ4v) is 13.4. The SMILES string of the molecule is C=CC(=O)OCCNC(=O)OCC(CSc1c(F)c(F)c(S(=O)(=O)NS(=O)(=O)c2ccccc2-c2c3ccc(=Nc4c(C(C)C)cccc4C(C)C)cc-3oc3cc(Nc4c(C(C)C)cccc4C(C)C)ccc23)c(F)c1F)OCCC(=O)O. The van der Waals surface area contributed by atoms with Gasteiger partial charge in [-0.25, -0.2) is 49.0 Å². The number of benzene rings is 6. The number of aliphatic carboxylic acids is 1. The van der Waals surface area contributed by atoms with Crippen molar-refractivity contribution in [3.63, 3.8) is 0 Å². The lowest BCUT2D eigenvalue weighted by Crippen LogP contribution is -2.33. The molecule has 0 saturated carbocycles. The minimum Gasteiger partial charge on any atom is -0.481 e. The predicted octanol–water partition coefficient (Wildman–Crippen LogP) is 13.3. The van der Waals surface area contributed by atoms with Gasteiger partial charge in [-0.2, -0.15) is 0 Å². The summed E-state index contributed by atoms with van der Waals surface area (Å²) in [5, 5.41) is 15.8. The maximum absolute atomic E-state index is 16.1. The molecule has 446 valence electrons. The van der Waals surface area contributed by atoms with Gasteiger partial charge in [0, 0.05) is 57.4 Å². The number of carboxylic acids is 1. The Hall–Kier alpha value is -7.57. The number of nitrogens with zero attached hydrogens (tertiary/aromatic N) is 1. The number of thioether (sulfide) groups is 1. The van der Waals surface area contributed by atoms with Crippen LogP contribution in [0.3, 0.4) is 0 Å². The van der Waals surface area contributed by atoms with Crippen molar-refractivity contribution in [2.75, 3.05) is 37.4 Å². The Bertz CT molecular complexity index is 3830. The van der Waals surface area contributed by atoms with E-state index >= 15 is 17.6 Å². The van der Waals surface area contributed by atoms with E-state index < -0.39 is 108 Å². The number of sulfonamides is 2. The number of carbonyl (C=O) groups excluding carboxylic acids is 2. The van der Waals surface area contributed by atoms with Crippen molar-refractivity contribution in [3.8, 4) is 22.5 Å². The standard InChI is InChI=1S/C61H64F4N4O12S3/c1-10-51(72)79-28-26-66-61(73)80-31-39(78-27-25-50(70)71)32-82-59-53(62)55(64)60(56(65)54(59)63)84(76,77)69-83(74,75)49-20-12-11-15-46(49)52-44-23-21-37(67-57-40(33(2)3)16-13-17-41(57)34(4)5)29-47(44)81-48-30-38(22-24-45(48)52)68-58-42(35(6)7)18-14-19-43(58)36(8)9/h10-24,29-30,33-36,39,67,69H,1,25-28,31-32H2,2-9H3,(H,66,73)(H,70,71). The quantitative estimate of drug-likeness (QED) is 0.00794. The van der Waals surface area contributed by atoms with Gasteiger partial charge in [-0.05, 0) is 76.3 Å². The summed E-state index contributed by atoms with van der Waals surface area (Å²) < 4.78 is 145. The smallest absolute Gasteiger partial charge is 0.407 e. The maximum Gasteiger partial charge on any atom is 0.407 e. The number of amides is 1. The van der Waals surface area contributed by atoms with E-state index in [-0.39, 0.29) is 71.1 Å². The van der Waals surface area contributed by atoms with E-state index in [0.717, 1.165) is 45.8 Å². The summed E-state index contributed by atoms with van der Waals surface area (Å²) in [4.78, 5) is 35.4. The molecule has 5 aromatic carbocycles. The van der Waals surface area contributed by atoms with Crippen LogP contribution in [0.2, 0.25) is 0 Å². The number of alkyl carbamates (subject to hydrolysis) is 1. The van der Waals surface area contributed by atoms with E-state index in [1.54, 1.807) is 36.4 Å². The number of ether oxygens (including phenoxy) is 3. The molecule has 0 fully saturated rings. The molecule has 0 saturated heterocycles. The molecule has 1 aliphatic heterocycles. The fourth-order valence-electron chi connectivity index (χ4n) is 9.24. The number of esters is 1. The summed E-state index contributed by atoms with van der Waals surface area (Å²) in [5.41, 5.74) is 7.19. The highest BCUT2D eigenvalue weighted by molar-refractivity contribution is 8.04. The van der Waals surface area contributed by atoms with Crippen molar-refractivity contribution in [2.45, 2.75) is 106 Å². The largest absolute Gasteiger partial charge is 0.481 e. The second kappa shape index (κ2) is 27.4. The van der Waals surface area contributed by atoms with Crippen molar-refractivity contribution in [3.05, 3.63) is 161 Å². The van der Waals surface area contributed by atoms with Gasteiger partial charge in [0.2, 0.25) is 0 Å². The Morgan fingerprint density at radius 3 is 1.92 bits per heavy atom. The molecule has 1 atom stereocenters. The zero-order valence-corrected chi connectivity index (χ0v) is 49.7. The third-order valence-electron chi connectivity index (χ3n) is 13.3. The highest BCUT2D eigenvalue weighted by Gasteiger charge is 2.38. The van der Waals surface area contributed by atoms with Crippen molar-refractivity contribution < 1.29 is 72.5 Å². The zero-order valence-electron chi connectivity index (χ0n) is 47.3. The van der Waals surface area contributed by atoms with Crippen LogP contribution in [0.25, 0.3) is 33.4 Å². The molecular formula is C61H64F4N4O12S3. The third-order valence-corrected chi connectivity index (χ3v) is 18.1. The third kappa shape index (κ3) is 14.8. The second-order valence-electron chi connectivity index (χ2n) is 20.7. The van der Waals surface area contributed by atoms with Crippen LogP contribution in [0.1, 0.15) is 108 Å².